The third-order valence-electron chi connectivity index (χ3n) is 11.3. The van der Waals surface area contributed by atoms with Crippen molar-refractivity contribution in [3.63, 3.8) is 0 Å². The van der Waals surface area contributed by atoms with E-state index in [1.54, 1.807) is 0 Å². The number of ether oxygens (including phenoxy) is 4. The van der Waals surface area contributed by atoms with Crippen LogP contribution in [0.4, 0.5) is 0 Å². The van der Waals surface area contributed by atoms with E-state index in [1.165, 1.54) is 25.7 Å². The molecule has 0 bridgehead atoms. The molecule has 0 rings (SSSR count). The van der Waals surface area contributed by atoms with Crippen LogP contribution >= 0.6 is 35.8 Å². The van der Waals surface area contributed by atoms with Crippen LogP contribution in [-0.2, 0) is 39.5 Å². The molecule has 0 atom stereocenters. The molecular formula is C52H102O9S4Sn2. The molecule has 396 valence electrons. The van der Waals surface area contributed by atoms with Crippen molar-refractivity contribution in [3.05, 3.63) is 0 Å². The van der Waals surface area contributed by atoms with E-state index in [-0.39, 0.29) is 23.9 Å². The molecule has 0 N–H and O–H groups in total. The number of unbranched alkanes of at least 4 members (excludes halogenated alkanes) is 10. The molecule has 67 heavy (non-hydrogen) atoms. The molecule has 0 aromatic heterocycles. The minimum absolute atomic E-state index is 0.157. The quantitative estimate of drug-likeness (QED) is 0.0249. The zero-order valence-electron chi connectivity index (χ0n) is 44.7. The summed E-state index contributed by atoms with van der Waals surface area (Å²) in [6.45, 7) is 24.2. The van der Waals surface area contributed by atoms with E-state index in [1.807, 2.05) is 35.8 Å². The fourth-order valence-electron chi connectivity index (χ4n) is 7.13. The Morgan fingerprint density at radius 1 is 0.358 bits per heavy atom. The van der Waals surface area contributed by atoms with Crippen molar-refractivity contribution < 1.29 is 39.5 Å². The summed E-state index contributed by atoms with van der Waals surface area (Å²) >= 11 is -7.60. The summed E-state index contributed by atoms with van der Waals surface area (Å²) in [5.74, 6) is 4.59. The molecule has 0 heterocycles. The minimum atomic E-state index is -3.80. The van der Waals surface area contributed by atoms with Crippen LogP contribution in [0, 0.1) is 23.7 Å². The first kappa shape index (κ1) is 67.8. The Morgan fingerprint density at radius 2 is 0.597 bits per heavy atom. The van der Waals surface area contributed by atoms with Gasteiger partial charge in [0.05, 0.1) is 0 Å². The van der Waals surface area contributed by atoms with E-state index in [2.05, 4.69) is 69.2 Å². The molecule has 15 heteroatoms. The maximum absolute atomic E-state index is 13.1. The zero-order valence-corrected chi connectivity index (χ0v) is 53.6. The second kappa shape index (κ2) is 45.5. The number of carbonyl (C=O) groups excluding carboxylic acids is 4. The van der Waals surface area contributed by atoms with Gasteiger partial charge in [-0.15, -0.1) is 0 Å². The fourth-order valence-corrected chi connectivity index (χ4v) is 115. The van der Waals surface area contributed by atoms with Crippen LogP contribution in [0.15, 0.2) is 0 Å². The van der Waals surface area contributed by atoms with Crippen LogP contribution in [0.3, 0.4) is 0 Å². The van der Waals surface area contributed by atoms with Crippen molar-refractivity contribution in [3.8, 4) is 0 Å². The van der Waals surface area contributed by atoms with Gasteiger partial charge in [-0.3, -0.25) is 0 Å². The van der Waals surface area contributed by atoms with Crippen molar-refractivity contribution in [2.24, 2.45) is 23.7 Å². The van der Waals surface area contributed by atoms with Crippen molar-refractivity contribution in [2.45, 2.75) is 232 Å². The molecule has 0 aliphatic heterocycles. The van der Waals surface area contributed by atoms with Crippen molar-refractivity contribution in [2.75, 3.05) is 49.4 Å². The van der Waals surface area contributed by atoms with Gasteiger partial charge in [0.2, 0.25) is 0 Å². The van der Waals surface area contributed by atoms with Crippen LogP contribution in [0.2, 0.25) is 8.87 Å². The van der Waals surface area contributed by atoms with E-state index >= 15 is 0 Å². The standard InChI is InChI=1S/4C11H22O2S.2C4H9.O.2Sn/c4*1-10(2)6-4-3-5-8-13-11(12)7-9-14;2*1-3-4-2;;;/h4*10,14H,3-9H2,1-2H3;2*1,3-4H2,2H3;;;/q;;;;;;;2*+2/p-4. The maximum atomic E-state index is 13.1. The van der Waals surface area contributed by atoms with E-state index in [4.69, 9.17) is 20.4 Å². The van der Waals surface area contributed by atoms with Gasteiger partial charge in [-0.1, -0.05) is 0 Å². The zero-order chi connectivity index (χ0) is 50.0. The molecule has 0 saturated heterocycles. The van der Waals surface area contributed by atoms with Gasteiger partial charge in [0.1, 0.15) is 0 Å². The first-order chi connectivity index (χ1) is 32.1. The van der Waals surface area contributed by atoms with Gasteiger partial charge < -0.3 is 0 Å². The van der Waals surface area contributed by atoms with E-state index in [0.717, 1.165) is 112 Å². The monoisotopic (exact) mass is 1240 g/mol. The Hall–Kier alpha value is 0.837. The number of hydrogen-bond donors (Lipinski definition) is 0. The number of carbonyl (C=O) groups is 4. The van der Waals surface area contributed by atoms with Gasteiger partial charge in [-0.25, -0.2) is 0 Å². The van der Waals surface area contributed by atoms with E-state index in [0.29, 0.717) is 98.8 Å². The number of esters is 4. The van der Waals surface area contributed by atoms with Gasteiger partial charge >= 0.3 is 437 Å². The van der Waals surface area contributed by atoms with Gasteiger partial charge in [0.25, 0.3) is 0 Å². The third kappa shape index (κ3) is 43.0. The third-order valence-corrected chi connectivity index (χ3v) is 85.9. The normalized spacial score (nSPS) is 12.1. The van der Waals surface area contributed by atoms with E-state index in [9.17, 15) is 19.2 Å². The Balaban J connectivity index is 6.36. The molecule has 0 radical (unpaired) electrons. The molecule has 0 spiro atoms. The first-order valence-corrected chi connectivity index (χ1v) is 51.2. The molecule has 0 aliphatic rings. The molecule has 0 amide bonds. The Morgan fingerprint density at radius 3 is 0.806 bits per heavy atom. The molecule has 0 fully saturated rings. The van der Waals surface area contributed by atoms with Crippen LogP contribution in [0.1, 0.15) is 223 Å². The van der Waals surface area contributed by atoms with E-state index < -0.39 is 32.1 Å². The summed E-state index contributed by atoms with van der Waals surface area (Å²) in [4.78, 5) is 52.5. The van der Waals surface area contributed by atoms with Crippen LogP contribution in [0.25, 0.3) is 0 Å². The summed E-state index contributed by atoms with van der Waals surface area (Å²) in [5.41, 5.74) is 0. The second-order valence-electron chi connectivity index (χ2n) is 19.9. The fraction of sp³-hybridized carbons (Fsp3) is 0.923. The average Bonchev–Trinajstić information content (AvgIpc) is 3.26. The average molecular weight is 1240 g/mol. The Labute approximate surface area is 432 Å². The molecular weight excluding hydrogens is 1130 g/mol. The molecule has 0 saturated carbocycles. The van der Waals surface area contributed by atoms with Crippen molar-refractivity contribution >= 4 is 91.7 Å². The van der Waals surface area contributed by atoms with Crippen LogP contribution < -0.4 is 0 Å². The topological polar surface area (TPSA) is 114 Å². The van der Waals surface area contributed by atoms with Crippen molar-refractivity contribution in [1.82, 2.24) is 0 Å². The van der Waals surface area contributed by atoms with Crippen molar-refractivity contribution in [1.29, 1.82) is 0 Å². The number of rotatable bonds is 48. The summed E-state index contributed by atoms with van der Waals surface area (Å²) in [5, 5.41) is 0. The number of hydrogen-bond acceptors (Lipinski definition) is 13. The Bertz CT molecular complexity index is 1060. The SMILES string of the molecule is CCC[CH2][Sn]([O][Sn]([CH2]CCC)([S]CCC(=O)OCCCCCC(C)C)[S]CCC(=O)OCCCCCC(C)C)([S]CCC(=O)OCCCCCC(C)C)[S]CCC(=O)OCCCCCC(C)C. The molecule has 0 aromatic rings. The van der Waals surface area contributed by atoms with Gasteiger partial charge in [-0.05, 0) is 0 Å². The van der Waals surface area contributed by atoms with Gasteiger partial charge in [0, 0.05) is 0 Å². The molecule has 0 unspecified atom stereocenters. The molecule has 9 nitrogen and oxygen atoms in total. The van der Waals surface area contributed by atoms with Gasteiger partial charge in [-0.2, -0.15) is 0 Å². The summed E-state index contributed by atoms with van der Waals surface area (Å²) in [6.07, 6.45) is 22.6. The molecule has 0 aromatic carbocycles. The summed E-state index contributed by atoms with van der Waals surface area (Å²) in [6, 6.07) is 0. The van der Waals surface area contributed by atoms with Gasteiger partial charge in [0.15, 0.2) is 0 Å². The summed E-state index contributed by atoms with van der Waals surface area (Å²) < 4.78 is 32.8. The van der Waals surface area contributed by atoms with Crippen LogP contribution in [-0.4, -0.2) is 105 Å². The predicted molar refractivity (Wildman–Crippen MR) is 297 cm³/mol. The predicted octanol–water partition coefficient (Wildman–Crippen LogP) is 16.0. The van der Waals surface area contributed by atoms with Crippen LogP contribution in [0.5, 0.6) is 0 Å². The Kier molecular flexibility index (Phi) is 46.0. The molecule has 0 aliphatic carbocycles. The second-order valence-corrected chi connectivity index (χ2v) is 68.9. The summed E-state index contributed by atoms with van der Waals surface area (Å²) in [7, 11) is 7.55. The first-order valence-electron chi connectivity index (χ1n) is 27.0.